The Morgan fingerprint density at radius 3 is 2.33 bits per heavy atom. The van der Waals surface area contributed by atoms with E-state index in [2.05, 4.69) is 5.32 Å². The molecule has 2 aromatic rings. The van der Waals surface area contributed by atoms with Gasteiger partial charge in [0, 0.05) is 11.8 Å². The third-order valence-electron chi connectivity index (χ3n) is 3.84. The van der Waals surface area contributed by atoms with Crippen LogP contribution in [0, 0.1) is 0 Å². The molecule has 30 heavy (non-hydrogen) atoms. The van der Waals surface area contributed by atoms with Crippen molar-refractivity contribution >= 4 is 33.3 Å². The van der Waals surface area contributed by atoms with Crippen LogP contribution in [-0.2, 0) is 19.6 Å². The molecule has 8 nitrogen and oxygen atoms in total. The zero-order valence-electron chi connectivity index (χ0n) is 17.4. The fourth-order valence-corrected chi connectivity index (χ4v) is 3.47. The smallest absolute Gasteiger partial charge is 0.338 e. The van der Waals surface area contributed by atoms with Gasteiger partial charge < -0.3 is 14.8 Å². The fourth-order valence-electron chi connectivity index (χ4n) is 2.62. The largest absolute Gasteiger partial charge is 0.491 e. The van der Waals surface area contributed by atoms with Crippen molar-refractivity contribution < 1.29 is 27.5 Å². The molecule has 0 aromatic heterocycles. The zero-order valence-corrected chi connectivity index (χ0v) is 18.2. The van der Waals surface area contributed by atoms with Gasteiger partial charge in [0.15, 0.2) is 0 Å². The fraction of sp³-hybridized carbons (Fsp3) is 0.333. The molecule has 9 heteroatoms. The van der Waals surface area contributed by atoms with Crippen molar-refractivity contribution in [3.05, 3.63) is 54.1 Å². The molecule has 0 saturated heterocycles. The van der Waals surface area contributed by atoms with Gasteiger partial charge in [0.05, 0.1) is 30.2 Å². The minimum Gasteiger partial charge on any atom is -0.491 e. The highest BCUT2D eigenvalue weighted by atomic mass is 32.2. The van der Waals surface area contributed by atoms with Crippen molar-refractivity contribution in [1.82, 2.24) is 0 Å². The summed E-state index contributed by atoms with van der Waals surface area (Å²) in [4.78, 5) is 24.2. The predicted molar refractivity (Wildman–Crippen MR) is 115 cm³/mol. The van der Waals surface area contributed by atoms with Crippen LogP contribution in [0.2, 0.25) is 0 Å². The van der Waals surface area contributed by atoms with Crippen molar-refractivity contribution in [1.29, 1.82) is 0 Å². The Bertz CT molecular complexity index is 987. The number of nitrogens with zero attached hydrogens (tertiary/aromatic N) is 1. The summed E-state index contributed by atoms with van der Waals surface area (Å²) in [6, 6.07) is 12.7. The standard InChI is InChI=1S/C21H26N2O6S/c1-5-28-21(25)16-9-11-17(12-10-16)22-20(24)14-23(30(4,26)27)18-7-6-8-19(13-18)29-15(2)3/h6-13,15H,5,14H2,1-4H3,(H,22,24). The molecule has 1 N–H and O–H groups in total. The summed E-state index contributed by atoms with van der Waals surface area (Å²) in [6.07, 6.45) is 0.956. The molecule has 2 aromatic carbocycles. The number of carbonyl (C=O) groups is 2. The molecule has 0 aliphatic carbocycles. The van der Waals surface area contributed by atoms with Gasteiger partial charge in [-0.15, -0.1) is 0 Å². The summed E-state index contributed by atoms with van der Waals surface area (Å²) < 4.78 is 36.1. The summed E-state index contributed by atoms with van der Waals surface area (Å²) in [5, 5.41) is 2.63. The highest BCUT2D eigenvalue weighted by Gasteiger charge is 2.21. The average molecular weight is 435 g/mol. The maximum atomic E-state index is 12.5. The van der Waals surface area contributed by atoms with Crippen molar-refractivity contribution in [3.8, 4) is 5.75 Å². The second-order valence-electron chi connectivity index (χ2n) is 6.78. The molecule has 162 valence electrons. The van der Waals surface area contributed by atoms with Crippen LogP contribution < -0.4 is 14.4 Å². The summed E-state index contributed by atoms with van der Waals surface area (Å²) in [7, 11) is -3.72. The Balaban J connectivity index is 2.14. The average Bonchev–Trinajstić information content (AvgIpc) is 2.65. The van der Waals surface area contributed by atoms with E-state index >= 15 is 0 Å². The molecule has 0 radical (unpaired) electrons. The maximum Gasteiger partial charge on any atom is 0.338 e. The minimum atomic E-state index is -3.72. The van der Waals surface area contributed by atoms with Gasteiger partial charge in [-0.3, -0.25) is 9.10 Å². The molecule has 0 aliphatic heterocycles. The van der Waals surface area contributed by atoms with Crippen LogP contribution in [0.3, 0.4) is 0 Å². The highest BCUT2D eigenvalue weighted by molar-refractivity contribution is 7.92. The van der Waals surface area contributed by atoms with E-state index in [0.717, 1.165) is 10.6 Å². The Morgan fingerprint density at radius 1 is 1.10 bits per heavy atom. The first-order valence-corrected chi connectivity index (χ1v) is 11.3. The number of ether oxygens (including phenoxy) is 2. The number of esters is 1. The molecule has 0 fully saturated rings. The second-order valence-corrected chi connectivity index (χ2v) is 8.69. The van der Waals surface area contributed by atoms with Crippen LogP contribution >= 0.6 is 0 Å². The first kappa shape index (κ1) is 23.2. The Hall–Kier alpha value is -3.07. The van der Waals surface area contributed by atoms with Crippen LogP contribution in [0.5, 0.6) is 5.75 Å². The topological polar surface area (TPSA) is 102 Å². The lowest BCUT2D eigenvalue weighted by Gasteiger charge is -2.22. The molecule has 2 rings (SSSR count). The van der Waals surface area contributed by atoms with E-state index in [-0.39, 0.29) is 12.7 Å². The van der Waals surface area contributed by atoms with E-state index in [0.29, 0.717) is 22.7 Å². The molecular formula is C21H26N2O6S. The summed E-state index contributed by atoms with van der Waals surface area (Å²) >= 11 is 0. The molecule has 1 amide bonds. The summed E-state index contributed by atoms with van der Waals surface area (Å²) in [6.45, 7) is 5.29. The van der Waals surface area contributed by atoms with Crippen LogP contribution in [0.25, 0.3) is 0 Å². The van der Waals surface area contributed by atoms with Crippen LogP contribution in [0.4, 0.5) is 11.4 Å². The Labute approximate surface area is 176 Å². The monoisotopic (exact) mass is 434 g/mol. The lowest BCUT2D eigenvalue weighted by Crippen LogP contribution is -2.37. The van der Waals surface area contributed by atoms with E-state index in [1.165, 1.54) is 12.1 Å². The molecule has 0 aliphatic rings. The van der Waals surface area contributed by atoms with E-state index in [9.17, 15) is 18.0 Å². The van der Waals surface area contributed by atoms with Gasteiger partial charge in [-0.25, -0.2) is 13.2 Å². The normalized spacial score (nSPS) is 11.1. The number of hydrogen-bond donors (Lipinski definition) is 1. The first-order chi connectivity index (χ1) is 14.1. The number of amides is 1. The predicted octanol–water partition coefficient (Wildman–Crippen LogP) is 3.06. The van der Waals surface area contributed by atoms with Gasteiger partial charge in [0.1, 0.15) is 12.3 Å². The van der Waals surface area contributed by atoms with E-state index in [4.69, 9.17) is 9.47 Å². The number of hydrogen-bond acceptors (Lipinski definition) is 6. The molecular weight excluding hydrogens is 408 g/mol. The maximum absolute atomic E-state index is 12.5. The van der Waals surface area contributed by atoms with Crippen molar-refractivity contribution in [2.75, 3.05) is 29.0 Å². The van der Waals surface area contributed by atoms with E-state index in [1.54, 1.807) is 43.3 Å². The zero-order chi connectivity index (χ0) is 22.3. The minimum absolute atomic E-state index is 0.0761. The quantitative estimate of drug-likeness (QED) is 0.609. The van der Waals surface area contributed by atoms with E-state index < -0.39 is 28.4 Å². The highest BCUT2D eigenvalue weighted by Crippen LogP contribution is 2.24. The second kappa shape index (κ2) is 10.1. The van der Waals surface area contributed by atoms with Gasteiger partial charge in [-0.2, -0.15) is 0 Å². The van der Waals surface area contributed by atoms with Gasteiger partial charge in [-0.1, -0.05) is 6.07 Å². The third-order valence-corrected chi connectivity index (χ3v) is 4.99. The van der Waals surface area contributed by atoms with Gasteiger partial charge in [-0.05, 0) is 57.2 Å². The number of rotatable bonds is 9. The number of carbonyl (C=O) groups excluding carboxylic acids is 2. The van der Waals surface area contributed by atoms with Crippen molar-refractivity contribution in [2.24, 2.45) is 0 Å². The Morgan fingerprint density at radius 2 is 1.77 bits per heavy atom. The lowest BCUT2D eigenvalue weighted by molar-refractivity contribution is -0.114. The molecule has 0 saturated carbocycles. The van der Waals surface area contributed by atoms with Gasteiger partial charge in [0.25, 0.3) is 0 Å². The number of sulfonamides is 1. The number of nitrogens with one attached hydrogen (secondary N) is 1. The van der Waals surface area contributed by atoms with Gasteiger partial charge in [0.2, 0.25) is 15.9 Å². The van der Waals surface area contributed by atoms with Crippen molar-refractivity contribution in [3.63, 3.8) is 0 Å². The van der Waals surface area contributed by atoms with Crippen LogP contribution in [-0.4, -0.2) is 45.8 Å². The SMILES string of the molecule is CCOC(=O)c1ccc(NC(=O)CN(c2cccc(OC(C)C)c2)S(C)(=O)=O)cc1. The molecule has 0 unspecified atom stereocenters. The van der Waals surface area contributed by atoms with Crippen molar-refractivity contribution in [2.45, 2.75) is 26.9 Å². The lowest BCUT2D eigenvalue weighted by atomic mass is 10.2. The molecule has 0 spiro atoms. The van der Waals surface area contributed by atoms with Crippen LogP contribution in [0.15, 0.2) is 48.5 Å². The third kappa shape index (κ3) is 6.77. The Kier molecular flexibility index (Phi) is 7.82. The molecule has 0 heterocycles. The summed E-state index contributed by atoms with van der Waals surface area (Å²) in [5.41, 5.74) is 1.11. The molecule has 0 bridgehead atoms. The number of anilines is 2. The first-order valence-electron chi connectivity index (χ1n) is 9.41. The number of benzene rings is 2. The summed E-state index contributed by atoms with van der Waals surface area (Å²) in [5.74, 6) is -0.479. The van der Waals surface area contributed by atoms with E-state index in [1.807, 2.05) is 13.8 Å². The van der Waals surface area contributed by atoms with Gasteiger partial charge >= 0.3 is 5.97 Å². The van der Waals surface area contributed by atoms with Crippen LogP contribution in [0.1, 0.15) is 31.1 Å². The molecule has 0 atom stereocenters.